The Bertz CT molecular complexity index is 2330. The first-order valence-corrected chi connectivity index (χ1v) is 19.8. The molecule has 3 heterocycles. The monoisotopic (exact) mass is 811 g/mol. The molecule has 0 saturated carbocycles. The number of hydrogen-bond acceptors (Lipinski definition) is 11. The third-order valence-corrected chi connectivity index (χ3v) is 11.5. The summed E-state index contributed by atoms with van der Waals surface area (Å²) in [4.78, 5) is 63.3. The second-order valence-corrected chi connectivity index (χ2v) is 14.8. The minimum Gasteiger partial charge on any atom is -0.491 e. The summed E-state index contributed by atoms with van der Waals surface area (Å²) in [7, 11) is 1.46. The lowest BCUT2D eigenvalue weighted by Gasteiger charge is -2.46. The summed E-state index contributed by atoms with van der Waals surface area (Å²) in [5.41, 5.74) is 0.996. The SMILES string of the molecule is COCCOC(=O)N1C(=O)C2(c3ccccc31)C(C(=O)NCC(O)c1ccccc1)C1C(=O)OC(c3ccccc3)C(c3ccccc3)N1C2c1cccc(OCCO)c1. The molecule has 0 bridgehead atoms. The van der Waals surface area contributed by atoms with Crippen molar-refractivity contribution in [2.45, 2.75) is 35.7 Å². The van der Waals surface area contributed by atoms with Gasteiger partial charge in [0.05, 0.1) is 43.0 Å². The van der Waals surface area contributed by atoms with Crippen LogP contribution in [0.15, 0.2) is 140 Å². The van der Waals surface area contributed by atoms with Crippen LogP contribution in [0, 0.1) is 5.92 Å². The number of methoxy groups -OCH3 is 1. The Kier molecular flexibility index (Phi) is 11.8. The summed E-state index contributed by atoms with van der Waals surface area (Å²) < 4.78 is 23.1. The molecule has 3 aliphatic heterocycles. The largest absolute Gasteiger partial charge is 0.491 e. The molecule has 5 aromatic rings. The van der Waals surface area contributed by atoms with Crippen molar-refractivity contribution < 1.29 is 48.3 Å². The van der Waals surface area contributed by atoms with E-state index in [1.807, 2.05) is 71.6 Å². The molecule has 13 heteroatoms. The lowest BCUT2D eigenvalue weighted by molar-refractivity contribution is -0.178. The lowest BCUT2D eigenvalue weighted by atomic mass is 9.65. The van der Waals surface area contributed by atoms with E-state index in [0.717, 1.165) is 10.5 Å². The first kappa shape index (κ1) is 40.4. The fraction of sp³-hybridized carbons (Fsp3) is 0.277. The van der Waals surface area contributed by atoms with Gasteiger partial charge in [-0.2, -0.15) is 0 Å². The number of carbonyl (C=O) groups is 4. The summed E-state index contributed by atoms with van der Waals surface area (Å²) in [5, 5.41) is 23.8. The van der Waals surface area contributed by atoms with E-state index in [1.165, 1.54) is 7.11 Å². The van der Waals surface area contributed by atoms with Crippen molar-refractivity contribution in [2.75, 3.05) is 45.0 Å². The second kappa shape index (κ2) is 17.5. The van der Waals surface area contributed by atoms with Crippen LogP contribution in [-0.2, 0) is 34.0 Å². The molecule has 0 aliphatic carbocycles. The van der Waals surface area contributed by atoms with E-state index in [0.29, 0.717) is 28.0 Å². The molecule has 0 aromatic heterocycles. The van der Waals surface area contributed by atoms with Gasteiger partial charge in [0, 0.05) is 13.7 Å². The van der Waals surface area contributed by atoms with Crippen LogP contribution in [0.3, 0.4) is 0 Å². The maximum absolute atomic E-state index is 15.9. The normalized spacial score (nSPS) is 23.7. The molecule has 13 nitrogen and oxygen atoms in total. The molecule has 5 aromatic carbocycles. The Morgan fingerprint density at radius 3 is 2.13 bits per heavy atom. The Hall–Kier alpha value is -6.38. The van der Waals surface area contributed by atoms with Gasteiger partial charge in [-0.15, -0.1) is 0 Å². The molecule has 3 N–H and O–H groups in total. The number of hydrogen-bond donors (Lipinski definition) is 3. The smallest absolute Gasteiger partial charge is 0.421 e. The van der Waals surface area contributed by atoms with Crippen LogP contribution in [0.2, 0.25) is 0 Å². The highest BCUT2D eigenvalue weighted by Crippen LogP contribution is 2.66. The van der Waals surface area contributed by atoms with Crippen molar-refractivity contribution in [2.24, 2.45) is 5.92 Å². The maximum Gasteiger partial charge on any atom is 0.421 e. The molecule has 1 spiro atoms. The fourth-order valence-corrected chi connectivity index (χ4v) is 9.16. The van der Waals surface area contributed by atoms with Crippen molar-refractivity contribution in [3.63, 3.8) is 0 Å². The van der Waals surface area contributed by atoms with Gasteiger partial charge in [-0.1, -0.05) is 121 Å². The van der Waals surface area contributed by atoms with E-state index in [1.54, 1.807) is 72.8 Å². The number of ether oxygens (including phenoxy) is 4. The summed E-state index contributed by atoms with van der Waals surface area (Å²) in [6.07, 6.45) is -3.02. The zero-order chi connectivity index (χ0) is 41.8. The number of esters is 1. The topological polar surface area (TPSA) is 164 Å². The van der Waals surface area contributed by atoms with Gasteiger partial charge in [-0.25, -0.2) is 9.69 Å². The Labute approximate surface area is 347 Å². The van der Waals surface area contributed by atoms with Crippen molar-refractivity contribution in [1.82, 2.24) is 10.2 Å². The number of morpholine rings is 1. The molecular weight excluding hydrogens is 767 g/mol. The maximum atomic E-state index is 15.9. The number of anilines is 1. The molecule has 2 saturated heterocycles. The van der Waals surface area contributed by atoms with Crippen LogP contribution in [0.1, 0.15) is 52.1 Å². The third-order valence-electron chi connectivity index (χ3n) is 11.5. The van der Waals surface area contributed by atoms with Crippen molar-refractivity contribution in [3.8, 4) is 5.75 Å². The van der Waals surface area contributed by atoms with Crippen LogP contribution < -0.4 is 15.0 Å². The minimum atomic E-state index is -1.99. The molecule has 7 unspecified atom stereocenters. The van der Waals surface area contributed by atoms with Crippen molar-refractivity contribution in [1.29, 1.82) is 0 Å². The summed E-state index contributed by atoms with van der Waals surface area (Å²) in [5.74, 6) is -3.41. The van der Waals surface area contributed by atoms with E-state index in [4.69, 9.17) is 18.9 Å². The number of aliphatic hydroxyl groups is 2. The van der Waals surface area contributed by atoms with E-state index in [2.05, 4.69) is 5.32 Å². The second-order valence-electron chi connectivity index (χ2n) is 14.8. The van der Waals surface area contributed by atoms with Crippen molar-refractivity contribution >= 4 is 29.6 Å². The molecular formula is C47H45N3O10. The predicted octanol–water partition coefficient (Wildman–Crippen LogP) is 5.36. The predicted molar refractivity (Wildman–Crippen MR) is 219 cm³/mol. The fourth-order valence-electron chi connectivity index (χ4n) is 9.16. The molecule has 2 fully saturated rings. The summed E-state index contributed by atoms with van der Waals surface area (Å²) in [6, 6.07) is 37.9. The van der Waals surface area contributed by atoms with Gasteiger partial charge in [0.25, 0.3) is 0 Å². The molecule has 0 radical (unpaired) electrons. The number of nitrogens with one attached hydrogen (secondary N) is 1. The number of rotatable bonds is 13. The van der Waals surface area contributed by atoms with E-state index in [9.17, 15) is 15.0 Å². The first-order valence-electron chi connectivity index (χ1n) is 19.8. The molecule has 7 atom stereocenters. The molecule has 3 amide bonds. The van der Waals surface area contributed by atoms with Gasteiger partial charge < -0.3 is 34.5 Å². The standard InChI is InChI=1S/C47H45N3O10/c1-57-26-27-59-46(56)49-36-23-12-11-22-35(36)47(45(49)55)38(43(53)48-29-37(52)30-14-5-2-6-15-30)40-44(54)60-41(32-18-9-4-10-19-32)39(31-16-7-3-8-17-31)50(40)42(47)33-20-13-21-34(28-33)58-25-24-51/h2-23,28,37-42,51-52H,24-27,29H2,1H3,(H,48,53). The third kappa shape index (κ3) is 7.09. The number of fused-ring (bicyclic) bond motifs is 3. The quantitative estimate of drug-likeness (QED) is 0.104. The zero-order valence-corrected chi connectivity index (χ0v) is 32.8. The number of cyclic esters (lactones) is 1. The number of imide groups is 1. The van der Waals surface area contributed by atoms with Crippen molar-refractivity contribution in [3.05, 3.63) is 167 Å². The van der Waals surface area contributed by atoms with Crippen LogP contribution >= 0.6 is 0 Å². The minimum absolute atomic E-state index is 0.0156. The van der Waals surface area contributed by atoms with E-state index in [-0.39, 0.29) is 38.7 Å². The number of carbonyl (C=O) groups excluding carboxylic acids is 4. The number of aliphatic hydroxyl groups excluding tert-OH is 2. The van der Waals surface area contributed by atoms with Gasteiger partial charge in [0.1, 0.15) is 36.5 Å². The van der Waals surface area contributed by atoms with E-state index < -0.39 is 65.5 Å². The molecule has 60 heavy (non-hydrogen) atoms. The van der Waals surface area contributed by atoms with Crippen LogP contribution in [0.5, 0.6) is 5.75 Å². The highest BCUT2D eigenvalue weighted by Gasteiger charge is 2.75. The van der Waals surface area contributed by atoms with E-state index >= 15 is 14.4 Å². The highest BCUT2D eigenvalue weighted by molar-refractivity contribution is 6.23. The Balaban J connectivity index is 1.39. The number of amides is 3. The lowest BCUT2D eigenvalue weighted by Crippen LogP contribution is -2.56. The molecule has 8 rings (SSSR count). The van der Waals surface area contributed by atoms with Gasteiger partial charge in [-0.05, 0) is 46.0 Å². The Morgan fingerprint density at radius 1 is 0.783 bits per heavy atom. The van der Waals surface area contributed by atoms with Gasteiger partial charge in [0.15, 0.2) is 0 Å². The summed E-state index contributed by atoms with van der Waals surface area (Å²) in [6.45, 7) is -0.605. The highest BCUT2D eigenvalue weighted by atomic mass is 16.6. The van der Waals surface area contributed by atoms with Crippen LogP contribution in [0.25, 0.3) is 0 Å². The number of nitrogens with zero attached hydrogens (tertiary/aromatic N) is 2. The van der Waals surface area contributed by atoms with Gasteiger partial charge >= 0.3 is 12.1 Å². The molecule has 308 valence electrons. The number of para-hydroxylation sites is 1. The number of benzene rings is 5. The first-order chi connectivity index (χ1) is 29.3. The Morgan fingerprint density at radius 2 is 1.43 bits per heavy atom. The summed E-state index contributed by atoms with van der Waals surface area (Å²) >= 11 is 0. The zero-order valence-electron chi connectivity index (χ0n) is 32.8. The van der Waals surface area contributed by atoms with Gasteiger partial charge in [-0.3, -0.25) is 19.3 Å². The van der Waals surface area contributed by atoms with Crippen LogP contribution in [0.4, 0.5) is 10.5 Å². The molecule has 3 aliphatic rings. The average molecular weight is 812 g/mol. The van der Waals surface area contributed by atoms with Crippen LogP contribution in [-0.4, -0.2) is 85.1 Å². The van der Waals surface area contributed by atoms with Gasteiger partial charge in [0.2, 0.25) is 11.8 Å². The average Bonchev–Trinajstić information content (AvgIpc) is 3.75.